The van der Waals surface area contributed by atoms with Crippen LogP contribution in [0.25, 0.3) is 0 Å². The highest BCUT2D eigenvalue weighted by molar-refractivity contribution is 5.77. The number of rotatable bonds is 6. The van der Waals surface area contributed by atoms with E-state index in [1.54, 1.807) is 0 Å². The summed E-state index contributed by atoms with van der Waals surface area (Å²) in [5, 5.41) is 32.2. The molecule has 4 N–H and O–H groups in total. The summed E-state index contributed by atoms with van der Waals surface area (Å²) >= 11 is 0. The molecule has 3 saturated carbocycles. The summed E-state index contributed by atoms with van der Waals surface area (Å²) in [4.78, 5) is 12.2. The highest BCUT2D eigenvalue weighted by atomic mass is 19.4. The van der Waals surface area contributed by atoms with Crippen LogP contribution in [0.3, 0.4) is 0 Å². The molecule has 35 heavy (non-hydrogen) atoms. The molecule has 0 bridgehead atoms. The zero-order valence-electron chi connectivity index (χ0n) is 21.2. The molecule has 0 saturated heterocycles. The minimum atomic E-state index is -4.85. The number of alkyl halides is 3. The lowest BCUT2D eigenvalue weighted by molar-refractivity contribution is -0.253. The normalized spacial score (nSPS) is 35.7. The van der Waals surface area contributed by atoms with Gasteiger partial charge in [-0.2, -0.15) is 13.2 Å². The number of amides is 1. The largest absolute Gasteiger partial charge is 0.417 e. The Balaban J connectivity index is 1.66. The summed E-state index contributed by atoms with van der Waals surface area (Å²) in [5.74, 6) is 0.0575. The highest BCUT2D eigenvalue weighted by Gasteiger charge is 2.51. The fourth-order valence-corrected chi connectivity index (χ4v) is 6.83. The van der Waals surface area contributed by atoms with Crippen molar-refractivity contribution in [3.05, 3.63) is 23.3 Å². The number of halogens is 3. The van der Waals surface area contributed by atoms with Gasteiger partial charge in [0.1, 0.15) is 0 Å². The molecule has 3 rings (SSSR count). The van der Waals surface area contributed by atoms with Gasteiger partial charge in [-0.05, 0) is 81.5 Å². The van der Waals surface area contributed by atoms with Gasteiger partial charge >= 0.3 is 6.18 Å². The van der Waals surface area contributed by atoms with Gasteiger partial charge in [0, 0.05) is 6.54 Å². The van der Waals surface area contributed by atoms with Crippen molar-refractivity contribution >= 4 is 5.91 Å². The van der Waals surface area contributed by atoms with Crippen LogP contribution in [0.5, 0.6) is 0 Å². The molecule has 0 aromatic heterocycles. The lowest BCUT2D eigenvalue weighted by atomic mass is 9.52. The van der Waals surface area contributed by atoms with E-state index in [1.807, 2.05) is 0 Å². The van der Waals surface area contributed by atoms with Crippen molar-refractivity contribution in [1.82, 2.24) is 5.32 Å². The molecular formula is C27H42F3NO4. The minimum absolute atomic E-state index is 0.0496. The van der Waals surface area contributed by atoms with Crippen LogP contribution in [0.2, 0.25) is 0 Å². The third-order valence-electron chi connectivity index (χ3n) is 8.78. The molecule has 0 heterocycles. The molecule has 5 nitrogen and oxygen atoms in total. The number of aliphatic hydroxyl groups is 3. The number of fused-ring (bicyclic) bond motifs is 1. The summed E-state index contributed by atoms with van der Waals surface area (Å²) in [6.45, 7) is 5.30. The van der Waals surface area contributed by atoms with Crippen molar-refractivity contribution in [1.29, 1.82) is 0 Å². The molecular weight excluding hydrogens is 459 g/mol. The molecule has 0 aliphatic heterocycles. The van der Waals surface area contributed by atoms with E-state index in [4.69, 9.17) is 0 Å². The number of nitrogens with one attached hydrogen (secondary N) is 1. The summed E-state index contributed by atoms with van der Waals surface area (Å²) in [6.07, 6.45) is 5.45. The van der Waals surface area contributed by atoms with E-state index in [-0.39, 0.29) is 11.3 Å². The Labute approximate surface area is 206 Å². The smallest absolute Gasteiger partial charge is 0.393 e. The van der Waals surface area contributed by atoms with Crippen LogP contribution in [0.4, 0.5) is 13.2 Å². The average molecular weight is 502 g/mol. The monoisotopic (exact) mass is 501 g/mol. The second-order valence-electron chi connectivity index (χ2n) is 11.7. The van der Waals surface area contributed by atoms with Gasteiger partial charge in [0.25, 0.3) is 0 Å². The van der Waals surface area contributed by atoms with E-state index in [1.165, 1.54) is 5.57 Å². The number of hydrogen-bond donors (Lipinski definition) is 4. The van der Waals surface area contributed by atoms with Crippen molar-refractivity contribution in [2.45, 2.75) is 109 Å². The molecule has 0 aromatic carbocycles. The van der Waals surface area contributed by atoms with Crippen molar-refractivity contribution in [2.75, 3.05) is 6.54 Å². The van der Waals surface area contributed by atoms with E-state index < -0.39 is 36.3 Å². The third kappa shape index (κ3) is 6.69. The molecule has 200 valence electrons. The first-order chi connectivity index (χ1) is 16.2. The number of aliphatic hydroxyl groups excluding tert-OH is 2. The predicted molar refractivity (Wildman–Crippen MR) is 128 cm³/mol. The molecule has 7 atom stereocenters. The molecule has 3 aliphatic carbocycles. The van der Waals surface area contributed by atoms with Gasteiger partial charge in [-0.3, -0.25) is 4.79 Å². The average Bonchev–Trinajstić information content (AvgIpc) is 2.73. The number of hydrogen-bond acceptors (Lipinski definition) is 4. The van der Waals surface area contributed by atoms with Gasteiger partial charge < -0.3 is 20.6 Å². The summed E-state index contributed by atoms with van der Waals surface area (Å²) in [6, 6.07) is 0. The van der Waals surface area contributed by atoms with Crippen LogP contribution < -0.4 is 5.32 Å². The van der Waals surface area contributed by atoms with Crippen LogP contribution in [-0.2, 0) is 4.79 Å². The standard InChI is InChI=1S/C27H42F3NO4/c1-17(16-31-24(34)15-26(3,35)27(28,29)30)22-7-4-8-23-19(6-5-11-25(22,23)2)10-9-18-12-20(32)14-21(33)13-18/h9-10,17,20-23,32-33,35H,4-8,11-16H2,1-3H3,(H,31,34)/t17-,20?,21?,22?,23?,25-,26+/m1/s1. The second-order valence-corrected chi connectivity index (χ2v) is 11.7. The Hall–Kier alpha value is -1.38. The fraction of sp³-hybridized carbons (Fsp3) is 0.815. The molecule has 1 amide bonds. The zero-order valence-corrected chi connectivity index (χ0v) is 21.2. The van der Waals surface area contributed by atoms with Crippen molar-refractivity contribution in [3.63, 3.8) is 0 Å². The SMILES string of the molecule is C[C@H](CNC(=O)C[C@](C)(O)C(F)(F)F)C1CCCC2C(=CC=C3CC(O)CC(O)C3)CCC[C@@]21C. The van der Waals surface area contributed by atoms with Crippen molar-refractivity contribution in [2.24, 2.45) is 23.2 Å². The quantitative estimate of drug-likeness (QED) is 0.421. The van der Waals surface area contributed by atoms with Crippen LogP contribution >= 0.6 is 0 Å². The molecule has 0 radical (unpaired) electrons. The Kier molecular flexibility index (Phi) is 8.81. The molecule has 8 heteroatoms. The third-order valence-corrected chi connectivity index (χ3v) is 8.78. The molecule has 3 aliphatic rings. The lowest BCUT2D eigenvalue weighted by Crippen LogP contribution is -2.49. The first kappa shape index (κ1) is 28.2. The lowest BCUT2D eigenvalue weighted by Gasteiger charge is -2.53. The second kappa shape index (κ2) is 10.9. The van der Waals surface area contributed by atoms with Gasteiger partial charge in [0.15, 0.2) is 5.60 Å². The molecule has 4 unspecified atom stereocenters. The number of carbonyl (C=O) groups is 1. The summed E-state index contributed by atoms with van der Waals surface area (Å²) < 4.78 is 38.7. The molecule has 0 aromatic rings. The zero-order chi connectivity index (χ0) is 26.0. The van der Waals surface area contributed by atoms with Gasteiger partial charge in [0.2, 0.25) is 5.91 Å². The minimum Gasteiger partial charge on any atom is -0.393 e. The maximum Gasteiger partial charge on any atom is 0.417 e. The summed E-state index contributed by atoms with van der Waals surface area (Å²) in [7, 11) is 0. The maximum atomic E-state index is 12.9. The van der Waals surface area contributed by atoms with E-state index >= 15 is 0 Å². The first-order valence-corrected chi connectivity index (χ1v) is 13.0. The van der Waals surface area contributed by atoms with Crippen LogP contribution in [-0.4, -0.2) is 51.8 Å². The van der Waals surface area contributed by atoms with E-state index in [0.717, 1.165) is 44.1 Å². The van der Waals surface area contributed by atoms with Crippen molar-refractivity contribution in [3.8, 4) is 0 Å². The Morgan fingerprint density at radius 2 is 1.83 bits per heavy atom. The fourth-order valence-electron chi connectivity index (χ4n) is 6.83. The van der Waals surface area contributed by atoms with E-state index in [0.29, 0.717) is 44.6 Å². The van der Waals surface area contributed by atoms with Crippen LogP contribution in [0.15, 0.2) is 23.3 Å². The number of allylic oxidation sites excluding steroid dienone is 3. The maximum absolute atomic E-state index is 12.9. The Morgan fingerprint density at radius 1 is 1.17 bits per heavy atom. The van der Waals surface area contributed by atoms with Crippen LogP contribution in [0, 0.1) is 23.2 Å². The van der Waals surface area contributed by atoms with Crippen LogP contribution in [0.1, 0.15) is 85.0 Å². The molecule has 3 fully saturated rings. The predicted octanol–water partition coefficient (Wildman–Crippen LogP) is 4.81. The number of carbonyl (C=O) groups excluding carboxylic acids is 1. The Bertz CT molecular complexity index is 810. The van der Waals surface area contributed by atoms with Crippen molar-refractivity contribution < 1.29 is 33.3 Å². The van der Waals surface area contributed by atoms with Gasteiger partial charge in [-0.1, -0.05) is 43.6 Å². The van der Waals surface area contributed by atoms with Gasteiger partial charge in [-0.15, -0.1) is 0 Å². The summed E-state index contributed by atoms with van der Waals surface area (Å²) in [5.41, 5.74) is -0.504. The highest BCUT2D eigenvalue weighted by Crippen LogP contribution is 2.57. The molecule has 0 spiro atoms. The Morgan fingerprint density at radius 3 is 2.46 bits per heavy atom. The van der Waals surface area contributed by atoms with E-state index in [2.05, 4.69) is 31.3 Å². The van der Waals surface area contributed by atoms with E-state index in [9.17, 15) is 33.3 Å². The van der Waals surface area contributed by atoms with Gasteiger partial charge in [0.05, 0.1) is 18.6 Å². The topological polar surface area (TPSA) is 89.8 Å². The first-order valence-electron chi connectivity index (χ1n) is 13.0. The van der Waals surface area contributed by atoms with Gasteiger partial charge in [-0.25, -0.2) is 0 Å².